The van der Waals surface area contributed by atoms with Gasteiger partial charge in [0.1, 0.15) is 0 Å². The molecule has 4 heteroatoms. The molecule has 18 heavy (non-hydrogen) atoms. The van der Waals surface area contributed by atoms with E-state index in [1.165, 1.54) is 5.56 Å². The first kappa shape index (κ1) is 14.3. The van der Waals surface area contributed by atoms with Crippen molar-refractivity contribution in [2.75, 3.05) is 6.61 Å². The van der Waals surface area contributed by atoms with Gasteiger partial charge < -0.3 is 10.1 Å². The Kier molecular flexibility index (Phi) is 4.70. The fourth-order valence-corrected chi connectivity index (χ4v) is 3.15. The molecule has 1 aromatic rings. The fourth-order valence-electron chi connectivity index (χ4n) is 2.33. The van der Waals surface area contributed by atoms with Gasteiger partial charge in [-0.1, -0.05) is 33.6 Å². The van der Waals surface area contributed by atoms with Crippen LogP contribution in [0.1, 0.15) is 32.3 Å². The van der Waals surface area contributed by atoms with Gasteiger partial charge in [0.05, 0.1) is 5.60 Å². The molecule has 1 heterocycles. The summed E-state index contributed by atoms with van der Waals surface area (Å²) in [7, 11) is 0. The summed E-state index contributed by atoms with van der Waals surface area (Å²) in [5.41, 5.74) is 1.23. The number of ether oxygens (including phenoxy) is 1. The van der Waals surface area contributed by atoms with Crippen molar-refractivity contribution in [3.63, 3.8) is 0 Å². The van der Waals surface area contributed by atoms with Gasteiger partial charge >= 0.3 is 0 Å². The maximum Gasteiger partial charge on any atom is 0.0641 e. The Bertz CT molecular complexity index is 422. The number of halogens is 2. The molecule has 2 rings (SSSR count). The quantitative estimate of drug-likeness (QED) is 0.898. The molecular weight excluding hydrogens is 314 g/mol. The van der Waals surface area contributed by atoms with Gasteiger partial charge in [-0.25, -0.2) is 0 Å². The van der Waals surface area contributed by atoms with E-state index in [4.69, 9.17) is 16.3 Å². The second kappa shape index (κ2) is 5.91. The van der Waals surface area contributed by atoms with Gasteiger partial charge in [-0.2, -0.15) is 0 Å². The normalized spacial score (nSPS) is 23.0. The van der Waals surface area contributed by atoms with Crippen LogP contribution in [0.25, 0.3) is 0 Å². The predicted octanol–water partition coefficient (Wildman–Crippen LogP) is 4.15. The molecule has 0 aromatic heterocycles. The van der Waals surface area contributed by atoms with Crippen molar-refractivity contribution >= 4 is 27.5 Å². The fraction of sp³-hybridized carbons (Fsp3) is 0.571. The molecule has 1 atom stereocenters. The van der Waals surface area contributed by atoms with Crippen molar-refractivity contribution in [1.29, 1.82) is 0 Å². The van der Waals surface area contributed by atoms with E-state index in [9.17, 15) is 0 Å². The van der Waals surface area contributed by atoms with E-state index in [1.807, 2.05) is 12.1 Å². The number of benzene rings is 1. The average molecular weight is 333 g/mol. The molecule has 0 spiro atoms. The van der Waals surface area contributed by atoms with E-state index in [0.29, 0.717) is 6.04 Å². The average Bonchev–Trinajstić information content (AvgIpc) is 2.26. The second-order valence-corrected chi connectivity index (χ2v) is 6.71. The minimum Gasteiger partial charge on any atom is -0.375 e. The maximum atomic E-state index is 5.94. The van der Waals surface area contributed by atoms with Gasteiger partial charge in [-0.15, -0.1) is 0 Å². The highest BCUT2D eigenvalue weighted by Crippen LogP contribution is 2.25. The topological polar surface area (TPSA) is 21.3 Å². The van der Waals surface area contributed by atoms with Crippen molar-refractivity contribution in [2.24, 2.45) is 0 Å². The van der Waals surface area contributed by atoms with Gasteiger partial charge in [0.15, 0.2) is 0 Å². The number of hydrogen-bond donors (Lipinski definition) is 1. The number of nitrogens with one attached hydrogen (secondary N) is 1. The lowest BCUT2D eigenvalue weighted by atomic mass is 9.94. The summed E-state index contributed by atoms with van der Waals surface area (Å²) in [6, 6.07) is 6.45. The van der Waals surface area contributed by atoms with E-state index in [1.54, 1.807) is 0 Å². The Labute approximate surface area is 122 Å². The smallest absolute Gasteiger partial charge is 0.0641 e. The largest absolute Gasteiger partial charge is 0.375 e. The Morgan fingerprint density at radius 3 is 2.94 bits per heavy atom. The summed E-state index contributed by atoms with van der Waals surface area (Å²) < 4.78 is 6.78. The van der Waals surface area contributed by atoms with E-state index in [-0.39, 0.29) is 5.60 Å². The summed E-state index contributed by atoms with van der Waals surface area (Å²) >= 11 is 9.48. The summed E-state index contributed by atoms with van der Waals surface area (Å²) in [6.07, 6.45) is 2.13. The number of hydrogen-bond acceptors (Lipinski definition) is 2. The van der Waals surface area contributed by atoms with Crippen LogP contribution >= 0.6 is 27.5 Å². The molecule has 1 aliphatic heterocycles. The van der Waals surface area contributed by atoms with Crippen molar-refractivity contribution in [2.45, 2.75) is 44.9 Å². The van der Waals surface area contributed by atoms with Crippen LogP contribution in [-0.4, -0.2) is 18.2 Å². The minimum absolute atomic E-state index is 0.00680. The van der Waals surface area contributed by atoms with Gasteiger partial charge in [0, 0.05) is 28.7 Å². The molecule has 100 valence electrons. The molecule has 0 saturated carbocycles. The molecule has 0 bridgehead atoms. The molecule has 2 nitrogen and oxygen atoms in total. The van der Waals surface area contributed by atoms with Gasteiger partial charge in [-0.05, 0) is 44.4 Å². The third kappa shape index (κ3) is 3.95. The Morgan fingerprint density at radius 1 is 1.50 bits per heavy atom. The third-order valence-corrected chi connectivity index (χ3v) is 4.27. The molecule has 1 saturated heterocycles. The molecule has 1 aromatic carbocycles. The minimum atomic E-state index is -0.00680. The zero-order chi connectivity index (χ0) is 13.2. The molecular formula is C14H19BrClNO. The molecule has 0 amide bonds. The first-order valence-electron chi connectivity index (χ1n) is 6.27. The lowest BCUT2D eigenvalue weighted by Crippen LogP contribution is -2.43. The first-order chi connectivity index (χ1) is 8.46. The summed E-state index contributed by atoms with van der Waals surface area (Å²) in [5.74, 6) is 0. The van der Waals surface area contributed by atoms with Crippen LogP contribution in [0.2, 0.25) is 5.02 Å². The zero-order valence-electron chi connectivity index (χ0n) is 10.8. The zero-order valence-corrected chi connectivity index (χ0v) is 13.1. The van der Waals surface area contributed by atoms with E-state index in [0.717, 1.165) is 35.5 Å². The van der Waals surface area contributed by atoms with Crippen LogP contribution in [0.4, 0.5) is 0 Å². The summed E-state index contributed by atoms with van der Waals surface area (Å²) in [5, 5.41) is 4.36. The first-order valence-corrected chi connectivity index (χ1v) is 7.45. The number of rotatable bonds is 3. The molecule has 1 N–H and O–H groups in total. The van der Waals surface area contributed by atoms with Crippen molar-refractivity contribution < 1.29 is 4.74 Å². The molecule has 1 unspecified atom stereocenters. The van der Waals surface area contributed by atoms with E-state index in [2.05, 4.69) is 41.2 Å². The Hall–Kier alpha value is -0.0900. The summed E-state index contributed by atoms with van der Waals surface area (Å²) in [6.45, 7) is 6.00. The van der Waals surface area contributed by atoms with Crippen LogP contribution in [0.15, 0.2) is 22.7 Å². The molecule has 0 aliphatic carbocycles. The van der Waals surface area contributed by atoms with Crippen LogP contribution in [0.5, 0.6) is 0 Å². The van der Waals surface area contributed by atoms with Crippen LogP contribution in [0, 0.1) is 0 Å². The van der Waals surface area contributed by atoms with E-state index < -0.39 is 0 Å². The van der Waals surface area contributed by atoms with Crippen molar-refractivity contribution in [1.82, 2.24) is 5.32 Å². The Balaban J connectivity index is 1.91. The molecule has 1 aliphatic rings. The Morgan fingerprint density at radius 2 is 2.28 bits per heavy atom. The standard InChI is InChI=1S/C14H19BrClNO/c1-14(2)8-12(5-6-18-14)17-9-10-3-4-11(16)7-13(10)15/h3-4,7,12,17H,5-6,8-9H2,1-2H3. The molecule has 0 radical (unpaired) electrons. The highest BCUT2D eigenvalue weighted by molar-refractivity contribution is 9.10. The predicted molar refractivity (Wildman–Crippen MR) is 79.0 cm³/mol. The van der Waals surface area contributed by atoms with Crippen molar-refractivity contribution in [3.05, 3.63) is 33.3 Å². The lowest BCUT2D eigenvalue weighted by Gasteiger charge is -2.36. The lowest BCUT2D eigenvalue weighted by molar-refractivity contribution is -0.0630. The molecule has 1 fully saturated rings. The van der Waals surface area contributed by atoms with E-state index >= 15 is 0 Å². The van der Waals surface area contributed by atoms with Gasteiger partial charge in [0.2, 0.25) is 0 Å². The van der Waals surface area contributed by atoms with Crippen LogP contribution in [-0.2, 0) is 11.3 Å². The van der Waals surface area contributed by atoms with Crippen LogP contribution in [0.3, 0.4) is 0 Å². The second-order valence-electron chi connectivity index (χ2n) is 5.41. The van der Waals surface area contributed by atoms with Gasteiger partial charge in [-0.3, -0.25) is 0 Å². The maximum absolute atomic E-state index is 5.94. The highest BCUT2D eigenvalue weighted by atomic mass is 79.9. The van der Waals surface area contributed by atoms with Crippen LogP contribution < -0.4 is 5.32 Å². The SMILES string of the molecule is CC1(C)CC(NCc2ccc(Cl)cc2Br)CCO1. The monoisotopic (exact) mass is 331 g/mol. The van der Waals surface area contributed by atoms with Gasteiger partial charge in [0.25, 0.3) is 0 Å². The van der Waals surface area contributed by atoms with Crippen molar-refractivity contribution in [3.8, 4) is 0 Å². The highest BCUT2D eigenvalue weighted by Gasteiger charge is 2.28. The third-order valence-electron chi connectivity index (χ3n) is 3.29. The summed E-state index contributed by atoms with van der Waals surface area (Å²) in [4.78, 5) is 0.